The quantitative estimate of drug-likeness (QED) is 0.854. The molecule has 0 amide bonds. The zero-order chi connectivity index (χ0) is 18.4. The van der Waals surface area contributed by atoms with Crippen LogP contribution in [0, 0.1) is 5.82 Å². The van der Waals surface area contributed by atoms with Gasteiger partial charge in [0.2, 0.25) is 0 Å². The van der Waals surface area contributed by atoms with E-state index in [1.165, 1.54) is 11.6 Å². The molecule has 1 saturated heterocycles. The van der Waals surface area contributed by atoms with E-state index in [0.29, 0.717) is 12.1 Å². The van der Waals surface area contributed by atoms with E-state index in [0.717, 1.165) is 67.9 Å². The second-order valence-corrected chi connectivity index (χ2v) is 7.72. The van der Waals surface area contributed by atoms with Crippen LogP contribution in [0.4, 0.5) is 10.1 Å². The number of para-hydroxylation sites is 1. The smallest absolute Gasteiger partial charge is 0.146 e. The van der Waals surface area contributed by atoms with Gasteiger partial charge in [0.25, 0.3) is 0 Å². The Balaban J connectivity index is 1.61. The van der Waals surface area contributed by atoms with Gasteiger partial charge in [0.15, 0.2) is 0 Å². The van der Waals surface area contributed by atoms with Crippen molar-refractivity contribution in [2.24, 2.45) is 0 Å². The molecule has 3 aliphatic rings. The van der Waals surface area contributed by atoms with Gasteiger partial charge in [-0.3, -0.25) is 0 Å². The fourth-order valence-corrected chi connectivity index (χ4v) is 4.87. The summed E-state index contributed by atoms with van der Waals surface area (Å²) in [5, 5.41) is 13.7. The zero-order valence-electron chi connectivity index (χ0n) is 15.4. The Morgan fingerprint density at radius 1 is 1.15 bits per heavy atom. The number of ether oxygens (including phenoxy) is 1. The second kappa shape index (κ2) is 6.80. The molecule has 5 heteroatoms. The van der Waals surface area contributed by atoms with Crippen LogP contribution in [0.2, 0.25) is 0 Å². The lowest BCUT2D eigenvalue weighted by molar-refractivity contribution is 0.180. The number of halogens is 1. The molecule has 2 heterocycles. The molecule has 0 saturated carbocycles. The summed E-state index contributed by atoms with van der Waals surface area (Å²) in [4.78, 5) is 2.19. The van der Waals surface area contributed by atoms with Gasteiger partial charge >= 0.3 is 0 Å². The van der Waals surface area contributed by atoms with Crippen LogP contribution in [-0.4, -0.2) is 31.3 Å². The van der Waals surface area contributed by atoms with Crippen molar-refractivity contribution < 1.29 is 14.2 Å². The van der Waals surface area contributed by atoms with E-state index in [9.17, 15) is 5.11 Å². The van der Waals surface area contributed by atoms with Crippen molar-refractivity contribution in [1.29, 1.82) is 0 Å². The van der Waals surface area contributed by atoms with Gasteiger partial charge in [0.05, 0.1) is 24.4 Å². The number of rotatable bonds is 2. The third kappa shape index (κ3) is 2.80. The number of fused-ring (bicyclic) bond motifs is 2. The van der Waals surface area contributed by atoms with Crippen LogP contribution in [0.3, 0.4) is 0 Å². The molecule has 0 aromatic heterocycles. The van der Waals surface area contributed by atoms with Crippen LogP contribution >= 0.6 is 0 Å². The van der Waals surface area contributed by atoms with Gasteiger partial charge in [-0.25, -0.2) is 4.39 Å². The van der Waals surface area contributed by atoms with E-state index in [2.05, 4.69) is 28.4 Å². The summed E-state index contributed by atoms with van der Waals surface area (Å²) in [5.74, 6) is 0.788. The molecule has 2 atom stereocenters. The maximum Gasteiger partial charge on any atom is 0.146 e. The number of nitrogens with zero attached hydrogens (tertiary/aromatic N) is 1. The Morgan fingerprint density at radius 2 is 2.07 bits per heavy atom. The fourth-order valence-electron chi connectivity index (χ4n) is 4.87. The lowest BCUT2D eigenvalue weighted by atomic mass is 9.94. The molecular weight excluding hydrogens is 343 g/mol. The third-order valence-corrected chi connectivity index (χ3v) is 6.15. The number of aliphatic hydroxyl groups excluding tert-OH is 1. The van der Waals surface area contributed by atoms with Gasteiger partial charge in [0, 0.05) is 25.2 Å². The lowest BCUT2D eigenvalue weighted by Gasteiger charge is -2.40. The minimum Gasteiger partial charge on any atom is -0.493 e. The molecule has 27 heavy (non-hydrogen) atoms. The molecule has 2 aliphatic heterocycles. The van der Waals surface area contributed by atoms with Crippen LogP contribution in [0.15, 0.2) is 30.3 Å². The maximum atomic E-state index is 15.0. The van der Waals surface area contributed by atoms with Crippen molar-refractivity contribution in [1.82, 2.24) is 5.32 Å². The molecule has 0 radical (unpaired) electrons. The molecule has 2 unspecified atom stereocenters. The summed E-state index contributed by atoms with van der Waals surface area (Å²) in [6, 6.07) is 9.62. The monoisotopic (exact) mass is 368 g/mol. The van der Waals surface area contributed by atoms with E-state index in [1.807, 2.05) is 0 Å². The summed E-state index contributed by atoms with van der Waals surface area (Å²) in [6.07, 6.45) is 3.00. The number of hydrogen-bond donors (Lipinski definition) is 2. The van der Waals surface area contributed by atoms with Gasteiger partial charge in [0.1, 0.15) is 11.6 Å². The topological polar surface area (TPSA) is 44.7 Å². The first kappa shape index (κ1) is 17.0. The largest absolute Gasteiger partial charge is 0.493 e. The number of hydrogen-bond acceptors (Lipinski definition) is 4. The van der Waals surface area contributed by atoms with E-state index < -0.39 is 6.10 Å². The zero-order valence-corrected chi connectivity index (χ0v) is 15.4. The number of nitrogens with one attached hydrogen (secondary N) is 1. The van der Waals surface area contributed by atoms with E-state index >= 15 is 4.39 Å². The summed E-state index contributed by atoms with van der Waals surface area (Å²) < 4.78 is 21.1. The second-order valence-electron chi connectivity index (χ2n) is 7.72. The van der Waals surface area contributed by atoms with Crippen molar-refractivity contribution in [3.8, 4) is 5.75 Å². The van der Waals surface area contributed by atoms with Gasteiger partial charge in [-0.05, 0) is 48.4 Å². The van der Waals surface area contributed by atoms with Gasteiger partial charge in [-0.1, -0.05) is 24.3 Å². The highest BCUT2D eigenvalue weighted by atomic mass is 19.1. The van der Waals surface area contributed by atoms with Crippen LogP contribution in [0.1, 0.15) is 47.2 Å². The molecule has 1 fully saturated rings. The number of aryl methyl sites for hydroxylation is 1. The molecule has 2 aromatic rings. The van der Waals surface area contributed by atoms with Gasteiger partial charge in [-0.15, -0.1) is 0 Å². The van der Waals surface area contributed by atoms with Gasteiger partial charge < -0.3 is 20.1 Å². The maximum absolute atomic E-state index is 15.0. The summed E-state index contributed by atoms with van der Waals surface area (Å²) in [7, 11) is 0. The minimum absolute atomic E-state index is 0.0190. The van der Waals surface area contributed by atoms with Crippen LogP contribution in [-0.2, 0) is 12.8 Å². The highest BCUT2D eigenvalue weighted by Crippen LogP contribution is 2.43. The predicted molar refractivity (Wildman–Crippen MR) is 103 cm³/mol. The Kier molecular flexibility index (Phi) is 4.29. The van der Waals surface area contributed by atoms with Crippen LogP contribution in [0.25, 0.3) is 0 Å². The highest BCUT2D eigenvalue weighted by Gasteiger charge is 2.34. The standard InChI is InChI=1S/C22H25FN2O2/c23-18-8-6-15-16(7-9-20(15)26)21(18)25-11-10-24-13-19(25)17-5-1-3-14-4-2-12-27-22(14)17/h1,3,5-6,8,19-20,24,26H,2,4,7,9-13H2. The summed E-state index contributed by atoms with van der Waals surface area (Å²) >= 11 is 0. The van der Waals surface area contributed by atoms with E-state index in [-0.39, 0.29) is 11.9 Å². The number of anilines is 1. The molecule has 1 aliphatic carbocycles. The molecule has 2 N–H and O–H groups in total. The average molecular weight is 368 g/mol. The third-order valence-electron chi connectivity index (χ3n) is 6.15. The molecule has 2 aromatic carbocycles. The molecule has 0 bridgehead atoms. The van der Waals surface area contributed by atoms with Crippen LogP contribution < -0.4 is 15.0 Å². The molecule has 5 rings (SSSR count). The SMILES string of the molecule is OC1CCc2c1ccc(F)c2N1CCNCC1c1cccc2c1OCCC2. The molecule has 0 spiro atoms. The van der Waals surface area contributed by atoms with Gasteiger partial charge in [-0.2, -0.15) is 0 Å². The number of piperazine rings is 1. The average Bonchev–Trinajstić information content (AvgIpc) is 3.08. The summed E-state index contributed by atoms with van der Waals surface area (Å²) in [6.45, 7) is 3.05. The van der Waals surface area contributed by atoms with Crippen molar-refractivity contribution in [2.45, 2.75) is 37.8 Å². The van der Waals surface area contributed by atoms with E-state index in [4.69, 9.17) is 4.74 Å². The minimum atomic E-state index is -0.478. The highest BCUT2D eigenvalue weighted by molar-refractivity contribution is 5.63. The van der Waals surface area contributed by atoms with Crippen molar-refractivity contribution in [2.75, 3.05) is 31.1 Å². The first-order chi connectivity index (χ1) is 13.2. The molecule has 142 valence electrons. The fraction of sp³-hybridized carbons (Fsp3) is 0.455. The Hall–Kier alpha value is -2.11. The molecular formula is C22H25FN2O2. The normalized spacial score (nSPS) is 24.3. The van der Waals surface area contributed by atoms with Crippen molar-refractivity contribution in [3.63, 3.8) is 0 Å². The first-order valence-corrected chi connectivity index (χ1v) is 9.95. The Bertz CT molecular complexity index is 870. The summed E-state index contributed by atoms with van der Waals surface area (Å²) in [5.41, 5.74) is 4.91. The lowest BCUT2D eigenvalue weighted by Crippen LogP contribution is -2.47. The molecule has 4 nitrogen and oxygen atoms in total. The number of benzene rings is 2. The Morgan fingerprint density at radius 3 is 3.00 bits per heavy atom. The van der Waals surface area contributed by atoms with E-state index in [1.54, 1.807) is 6.07 Å². The van der Waals surface area contributed by atoms with Crippen molar-refractivity contribution in [3.05, 3.63) is 58.4 Å². The predicted octanol–water partition coefficient (Wildman–Crippen LogP) is 3.28. The number of aliphatic hydroxyl groups is 1. The Labute approximate surface area is 159 Å². The van der Waals surface area contributed by atoms with Crippen LogP contribution in [0.5, 0.6) is 5.75 Å². The first-order valence-electron chi connectivity index (χ1n) is 9.95. The van der Waals surface area contributed by atoms with Crippen molar-refractivity contribution >= 4 is 5.69 Å².